The smallest absolute Gasteiger partial charge is 0.262 e. The minimum absolute atomic E-state index is 0.132. The molecule has 0 fully saturated rings. The molecule has 1 N–H and O–H groups in total. The molecule has 0 saturated carbocycles. The van der Waals surface area contributed by atoms with Crippen LogP contribution >= 0.6 is 0 Å². The Kier molecular flexibility index (Phi) is 3.66. The molecule has 0 aliphatic carbocycles. The second-order valence-electron chi connectivity index (χ2n) is 7.08. The van der Waals surface area contributed by atoms with Gasteiger partial charge in [-0.2, -0.15) is 5.10 Å². The molecule has 4 rings (SSSR count). The highest BCUT2D eigenvalue weighted by molar-refractivity contribution is 5.86. The Morgan fingerprint density at radius 1 is 1.15 bits per heavy atom. The molecule has 0 unspecified atom stereocenters. The van der Waals surface area contributed by atoms with E-state index in [1.807, 2.05) is 57.2 Å². The summed E-state index contributed by atoms with van der Waals surface area (Å²) >= 11 is 0. The lowest BCUT2D eigenvalue weighted by atomic mass is 10.1. The highest BCUT2D eigenvalue weighted by atomic mass is 16.3. The van der Waals surface area contributed by atoms with Gasteiger partial charge in [0.05, 0.1) is 28.7 Å². The number of benzene rings is 1. The lowest BCUT2D eigenvalue weighted by molar-refractivity contribution is 0.161. The number of aliphatic hydroxyl groups excluding tert-OH is 1. The summed E-state index contributed by atoms with van der Waals surface area (Å²) in [6.07, 6.45) is 3.31. The van der Waals surface area contributed by atoms with Crippen molar-refractivity contribution in [1.82, 2.24) is 19.2 Å². The maximum Gasteiger partial charge on any atom is 0.262 e. The maximum absolute atomic E-state index is 12.9. The van der Waals surface area contributed by atoms with Crippen LogP contribution in [0.2, 0.25) is 0 Å². The third kappa shape index (κ3) is 2.34. The molecule has 3 aromatic heterocycles. The van der Waals surface area contributed by atoms with Crippen molar-refractivity contribution < 1.29 is 5.11 Å². The predicted octanol–water partition coefficient (Wildman–Crippen LogP) is 2.75. The van der Waals surface area contributed by atoms with Gasteiger partial charge in [0.25, 0.3) is 5.56 Å². The number of hydrogen-bond acceptors (Lipinski definition) is 4. The standard InChI is InChI=1S/C20H20N4O2/c1-13-17(14-7-5-4-6-8-14)18-21-11-15-16(24(18)22-13)9-10-23(19(15)26)20(2,3)12-25/h4-11,25H,12H2,1-3H3. The summed E-state index contributed by atoms with van der Waals surface area (Å²) < 4.78 is 3.27. The number of aliphatic hydroxyl groups is 1. The van der Waals surface area contributed by atoms with Gasteiger partial charge in [0.2, 0.25) is 0 Å². The molecule has 0 atom stereocenters. The summed E-state index contributed by atoms with van der Waals surface area (Å²) in [5.41, 5.74) is 3.42. The molecule has 0 spiro atoms. The summed E-state index contributed by atoms with van der Waals surface area (Å²) in [6.45, 7) is 5.45. The predicted molar refractivity (Wildman–Crippen MR) is 101 cm³/mol. The van der Waals surface area contributed by atoms with Crippen molar-refractivity contribution in [3.63, 3.8) is 0 Å². The topological polar surface area (TPSA) is 72.4 Å². The fraction of sp³-hybridized carbons (Fsp3) is 0.250. The molecule has 1 aromatic carbocycles. The molecular formula is C20H20N4O2. The molecule has 6 heteroatoms. The van der Waals surface area contributed by atoms with Gasteiger partial charge in [-0.05, 0) is 32.4 Å². The minimum atomic E-state index is -0.685. The van der Waals surface area contributed by atoms with Crippen LogP contribution in [0.4, 0.5) is 0 Å². The van der Waals surface area contributed by atoms with Crippen LogP contribution in [-0.4, -0.2) is 30.9 Å². The van der Waals surface area contributed by atoms with E-state index in [9.17, 15) is 9.90 Å². The van der Waals surface area contributed by atoms with Gasteiger partial charge in [0, 0.05) is 18.0 Å². The van der Waals surface area contributed by atoms with E-state index >= 15 is 0 Å². The van der Waals surface area contributed by atoms with Gasteiger partial charge in [-0.3, -0.25) is 4.79 Å². The molecule has 6 nitrogen and oxygen atoms in total. The average molecular weight is 348 g/mol. The van der Waals surface area contributed by atoms with E-state index < -0.39 is 5.54 Å². The second kappa shape index (κ2) is 5.78. The summed E-state index contributed by atoms with van der Waals surface area (Å²) in [6, 6.07) is 11.8. The van der Waals surface area contributed by atoms with Crippen molar-refractivity contribution in [3.05, 3.63) is 64.8 Å². The second-order valence-corrected chi connectivity index (χ2v) is 7.08. The lowest BCUT2D eigenvalue weighted by Crippen LogP contribution is -2.38. The van der Waals surface area contributed by atoms with Gasteiger partial charge in [0.1, 0.15) is 0 Å². The molecule has 0 saturated heterocycles. The summed E-state index contributed by atoms with van der Waals surface area (Å²) in [7, 11) is 0. The Hall–Kier alpha value is -2.99. The van der Waals surface area contributed by atoms with Gasteiger partial charge in [-0.1, -0.05) is 30.3 Å². The Balaban J connectivity index is 2.04. The number of hydrogen-bond donors (Lipinski definition) is 1. The van der Waals surface area contributed by atoms with Gasteiger partial charge >= 0.3 is 0 Å². The van der Waals surface area contributed by atoms with Crippen LogP contribution in [0.25, 0.3) is 27.7 Å². The first-order valence-electron chi connectivity index (χ1n) is 8.50. The van der Waals surface area contributed by atoms with Crippen LogP contribution in [0.15, 0.2) is 53.6 Å². The molecule has 0 radical (unpaired) electrons. The fourth-order valence-corrected chi connectivity index (χ4v) is 3.27. The average Bonchev–Trinajstić information content (AvgIpc) is 2.98. The Morgan fingerprint density at radius 3 is 2.58 bits per heavy atom. The number of fused-ring (bicyclic) bond motifs is 3. The summed E-state index contributed by atoms with van der Waals surface area (Å²) in [4.78, 5) is 17.5. The van der Waals surface area contributed by atoms with Crippen LogP contribution in [-0.2, 0) is 5.54 Å². The van der Waals surface area contributed by atoms with Gasteiger partial charge in [-0.15, -0.1) is 0 Å². The van der Waals surface area contributed by atoms with Crippen LogP contribution in [0, 0.1) is 6.92 Å². The van der Waals surface area contributed by atoms with Crippen molar-refractivity contribution in [2.75, 3.05) is 6.61 Å². The van der Waals surface area contributed by atoms with Gasteiger partial charge in [-0.25, -0.2) is 9.50 Å². The summed E-state index contributed by atoms with van der Waals surface area (Å²) in [5, 5.41) is 14.7. The van der Waals surface area contributed by atoms with E-state index in [-0.39, 0.29) is 12.2 Å². The van der Waals surface area contributed by atoms with Crippen molar-refractivity contribution in [2.45, 2.75) is 26.3 Å². The first-order valence-corrected chi connectivity index (χ1v) is 8.50. The van der Waals surface area contributed by atoms with E-state index in [2.05, 4.69) is 10.1 Å². The molecule has 26 heavy (non-hydrogen) atoms. The third-order valence-electron chi connectivity index (χ3n) is 4.79. The van der Waals surface area contributed by atoms with E-state index in [0.717, 1.165) is 22.5 Å². The van der Waals surface area contributed by atoms with E-state index in [1.54, 1.807) is 16.9 Å². The van der Waals surface area contributed by atoms with E-state index in [4.69, 9.17) is 0 Å². The van der Waals surface area contributed by atoms with Crippen molar-refractivity contribution >= 4 is 16.6 Å². The zero-order valence-electron chi connectivity index (χ0n) is 15.0. The SMILES string of the molecule is Cc1nn2c(ncc3c(=O)n(C(C)(C)CO)ccc32)c1-c1ccccc1. The van der Waals surface area contributed by atoms with Crippen LogP contribution in [0.1, 0.15) is 19.5 Å². The molecule has 132 valence electrons. The van der Waals surface area contributed by atoms with Gasteiger partial charge in [0.15, 0.2) is 5.65 Å². The quantitative estimate of drug-likeness (QED) is 0.618. The number of pyridine rings is 1. The minimum Gasteiger partial charge on any atom is -0.394 e. The highest BCUT2D eigenvalue weighted by Gasteiger charge is 2.22. The Labute approximate surface area is 150 Å². The zero-order chi connectivity index (χ0) is 18.5. The number of aryl methyl sites for hydroxylation is 1. The van der Waals surface area contributed by atoms with Crippen molar-refractivity contribution in [1.29, 1.82) is 0 Å². The van der Waals surface area contributed by atoms with E-state index in [1.165, 1.54) is 4.57 Å². The highest BCUT2D eigenvalue weighted by Crippen LogP contribution is 2.28. The monoisotopic (exact) mass is 348 g/mol. The van der Waals surface area contributed by atoms with Crippen LogP contribution < -0.4 is 5.56 Å². The summed E-state index contributed by atoms with van der Waals surface area (Å²) in [5.74, 6) is 0. The van der Waals surface area contributed by atoms with Crippen LogP contribution in [0.5, 0.6) is 0 Å². The molecular weight excluding hydrogens is 328 g/mol. The molecule has 0 bridgehead atoms. The number of nitrogens with zero attached hydrogens (tertiary/aromatic N) is 4. The molecule has 0 aliphatic heterocycles. The fourth-order valence-electron chi connectivity index (χ4n) is 3.27. The number of rotatable bonds is 3. The molecule has 0 amide bonds. The Bertz CT molecular complexity index is 1170. The largest absolute Gasteiger partial charge is 0.394 e. The van der Waals surface area contributed by atoms with E-state index in [0.29, 0.717) is 10.9 Å². The molecule has 0 aliphatic rings. The Morgan fingerprint density at radius 2 is 1.88 bits per heavy atom. The zero-order valence-corrected chi connectivity index (χ0v) is 15.0. The molecule has 4 aromatic rings. The van der Waals surface area contributed by atoms with Crippen molar-refractivity contribution in [3.8, 4) is 11.1 Å². The van der Waals surface area contributed by atoms with Crippen molar-refractivity contribution in [2.24, 2.45) is 0 Å². The van der Waals surface area contributed by atoms with Gasteiger partial charge < -0.3 is 9.67 Å². The third-order valence-corrected chi connectivity index (χ3v) is 4.79. The lowest BCUT2D eigenvalue weighted by Gasteiger charge is -2.25. The maximum atomic E-state index is 12.9. The number of aromatic nitrogens is 4. The first kappa shape index (κ1) is 16.5. The normalized spacial score (nSPS) is 12.2. The molecule has 3 heterocycles. The van der Waals surface area contributed by atoms with Crippen LogP contribution in [0.3, 0.4) is 0 Å². The first-order chi connectivity index (χ1) is 12.4.